The molecule has 0 aliphatic heterocycles. The molecular formula is C26H33N. The van der Waals surface area contributed by atoms with Crippen LogP contribution < -0.4 is 4.90 Å². The van der Waals surface area contributed by atoms with E-state index in [1.54, 1.807) is 0 Å². The Balaban J connectivity index is 2.00. The highest BCUT2D eigenvalue weighted by Crippen LogP contribution is 2.40. The van der Waals surface area contributed by atoms with Crippen LogP contribution in [0.5, 0.6) is 0 Å². The lowest BCUT2D eigenvalue weighted by Crippen LogP contribution is -2.18. The summed E-state index contributed by atoms with van der Waals surface area (Å²) >= 11 is 0. The first-order chi connectivity index (χ1) is 12.6. The maximum atomic E-state index is 2.41. The van der Waals surface area contributed by atoms with E-state index in [-0.39, 0.29) is 10.8 Å². The lowest BCUT2D eigenvalue weighted by molar-refractivity contribution is 0.494. The van der Waals surface area contributed by atoms with Gasteiger partial charge in [0.2, 0.25) is 0 Å². The number of anilines is 2. The first-order valence-electron chi connectivity index (χ1n) is 9.93. The number of rotatable bonds is 3. The van der Waals surface area contributed by atoms with E-state index in [9.17, 15) is 0 Å². The first-order valence-corrected chi connectivity index (χ1v) is 9.93. The quantitative estimate of drug-likeness (QED) is 0.543. The van der Waals surface area contributed by atoms with E-state index in [0.717, 1.165) is 6.42 Å². The Morgan fingerprint density at radius 1 is 0.741 bits per heavy atom. The minimum atomic E-state index is 0.167. The monoisotopic (exact) mass is 359 g/mol. The average Bonchev–Trinajstić information content (AvgIpc) is 3.05. The largest absolute Gasteiger partial charge is 0.314 e. The molecule has 1 aliphatic rings. The second-order valence-electron chi connectivity index (χ2n) is 9.75. The van der Waals surface area contributed by atoms with Crippen LogP contribution in [0.2, 0.25) is 0 Å². The third-order valence-corrected chi connectivity index (χ3v) is 5.35. The van der Waals surface area contributed by atoms with Crippen LogP contribution in [-0.4, -0.2) is 0 Å². The Morgan fingerprint density at radius 3 is 1.93 bits per heavy atom. The number of allylic oxidation sites excluding steroid dienone is 3. The van der Waals surface area contributed by atoms with E-state index in [1.807, 2.05) is 0 Å². The van der Waals surface area contributed by atoms with Crippen LogP contribution in [0, 0.1) is 12.3 Å². The molecule has 1 aliphatic carbocycles. The molecule has 0 saturated carbocycles. The van der Waals surface area contributed by atoms with Crippen LogP contribution in [0.4, 0.5) is 11.4 Å². The Hall–Kier alpha value is -2.28. The van der Waals surface area contributed by atoms with Crippen molar-refractivity contribution in [3.63, 3.8) is 0 Å². The molecule has 0 saturated heterocycles. The van der Waals surface area contributed by atoms with Gasteiger partial charge in [-0.15, -0.1) is 0 Å². The minimum absolute atomic E-state index is 0.167. The summed E-state index contributed by atoms with van der Waals surface area (Å²) in [5.41, 5.74) is 8.30. The van der Waals surface area contributed by atoms with Crippen molar-refractivity contribution in [2.45, 2.75) is 60.3 Å². The van der Waals surface area contributed by atoms with E-state index < -0.39 is 0 Å². The van der Waals surface area contributed by atoms with Crippen LogP contribution >= 0.6 is 0 Å². The molecular weight excluding hydrogens is 326 g/mol. The standard InChI is InChI=1S/C26H33N/c1-19-9-8-10-23(17-19)27(24-16-13-21(18-24)26(5,6)7)22-14-11-20(12-15-22)25(2,3)4/h8-17H,18H2,1-7H3. The lowest BCUT2D eigenvalue weighted by atomic mass is 9.85. The Morgan fingerprint density at radius 2 is 1.41 bits per heavy atom. The van der Waals surface area contributed by atoms with Crippen molar-refractivity contribution >= 4 is 11.4 Å². The van der Waals surface area contributed by atoms with Crippen molar-refractivity contribution in [3.05, 3.63) is 83.1 Å². The molecule has 0 fully saturated rings. The normalized spacial score (nSPS) is 14.8. The highest BCUT2D eigenvalue weighted by Gasteiger charge is 2.25. The zero-order chi connectivity index (χ0) is 19.8. The summed E-state index contributed by atoms with van der Waals surface area (Å²) in [6, 6.07) is 17.9. The Kier molecular flexibility index (Phi) is 5.08. The summed E-state index contributed by atoms with van der Waals surface area (Å²) < 4.78 is 0. The van der Waals surface area contributed by atoms with Crippen LogP contribution in [0.15, 0.2) is 72.0 Å². The first kappa shape index (κ1) is 19.5. The highest BCUT2D eigenvalue weighted by molar-refractivity contribution is 5.70. The number of hydrogen-bond acceptors (Lipinski definition) is 1. The minimum Gasteiger partial charge on any atom is -0.314 e. The van der Waals surface area contributed by atoms with Crippen LogP contribution in [0.3, 0.4) is 0 Å². The van der Waals surface area contributed by atoms with Crippen LogP contribution in [0.25, 0.3) is 0 Å². The van der Waals surface area contributed by atoms with E-state index in [2.05, 4.69) is 114 Å². The van der Waals surface area contributed by atoms with Crippen molar-refractivity contribution < 1.29 is 0 Å². The molecule has 1 heteroatoms. The fourth-order valence-electron chi connectivity index (χ4n) is 3.54. The second kappa shape index (κ2) is 7.03. The van der Waals surface area contributed by atoms with Crippen molar-refractivity contribution in [1.29, 1.82) is 0 Å². The molecule has 0 amide bonds. The molecule has 0 N–H and O–H groups in total. The molecule has 2 aromatic carbocycles. The van der Waals surface area contributed by atoms with E-state index in [0.29, 0.717) is 0 Å². The zero-order valence-corrected chi connectivity index (χ0v) is 17.9. The van der Waals surface area contributed by atoms with Gasteiger partial charge < -0.3 is 4.90 Å². The molecule has 3 rings (SSSR count). The number of hydrogen-bond donors (Lipinski definition) is 0. The van der Waals surface area contributed by atoms with Gasteiger partial charge in [-0.1, -0.05) is 77.5 Å². The molecule has 0 unspecified atom stereocenters. The summed E-state index contributed by atoms with van der Waals surface area (Å²) in [7, 11) is 0. The second-order valence-corrected chi connectivity index (χ2v) is 9.75. The molecule has 1 nitrogen and oxygen atoms in total. The van der Waals surface area contributed by atoms with Gasteiger partial charge in [0.15, 0.2) is 0 Å². The van der Waals surface area contributed by atoms with Gasteiger partial charge in [0, 0.05) is 23.5 Å². The highest BCUT2D eigenvalue weighted by atomic mass is 15.1. The number of benzene rings is 2. The van der Waals surface area contributed by atoms with Gasteiger partial charge >= 0.3 is 0 Å². The van der Waals surface area contributed by atoms with Crippen molar-refractivity contribution in [3.8, 4) is 0 Å². The molecule has 0 aromatic heterocycles. The van der Waals surface area contributed by atoms with Gasteiger partial charge in [-0.2, -0.15) is 0 Å². The summed E-state index contributed by atoms with van der Waals surface area (Å²) in [6.07, 6.45) is 5.60. The smallest absolute Gasteiger partial charge is 0.0461 e. The molecule has 0 spiro atoms. The zero-order valence-electron chi connectivity index (χ0n) is 17.9. The Labute approximate surface area is 165 Å². The molecule has 0 atom stereocenters. The van der Waals surface area contributed by atoms with Crippen LogP contribution in [0.1, 0.15) is 59.1 Å². The average molecular weight is 360 g/mol. The molecule has 27 heavy (non-hydrogen) atoms. The van der Waals surface area contributed by atoms with Gasteiger partial charge in [-0.25, -0.2) is 0 Å². The van der Waals surface area contributed by atoms with Gasteiger partial charge in [0.1, 0.15) is 0 Å². The summed E-state index contributed by atoms with van der Waals surface area (Å²) in [4.78, 5) is 2.41. The van der Waals surface area contributed by atoms with Gasteiger partial charge in [-0.05, 0) is 59.2 Å². The predicted molar refractivity (Wildman–Crippen MR) is 119 cm³/mol. The molecule has 0 bridgehead atoms. The lowest BCUT2D eigenvalue weighted by Gasteiger charge is -2.30. The van der Waals surface area contributed by atoms with E-state index in [4.69, 9.17) is 0 Å². The molecule has 142 valence electrons. The number of aryl methyl sites for hydroxylation is 1. The van der Waals surface area contributed by atoms with E-state index >= 15 is 0 Å². The topological polar surface area (TPSA) is 3.24 Å². The van der Waals surface area contributed by atoms with Gasteiger partial charge in [-0.3, -0.25) is 0 Å². The van der Waals surface area contributed by atoms with Crippen molar-refractivity contribution in [2.24, 2.45) is 5.41 Å². The molecule has 2 aromatic rings. The summed E-state index contributed by atoms with van der Waals surface area (Å²) in [6.45, 7) is 15.8. The Bertz CT molecular complexity index is 868. The van der Waals surface area contributed by atoms with Crippen LogP contribution in [-0.2, 0) is 5.41 Å². The SMILES string of the molecule is Cc1cccc(N(C2=CC=C(C(C)(C)C)C2)c2ccc(C(C)(C)C)cc2)c1. The number of nitrogens with zero attached hydrogens (tertiary/aromatic N) is 1. The third-order valence-electron chi connectivity index (χ3n) is 5.35. The van der Waals surface area contributed by atoms with Crippen molar-refractivity contribution in [1.82, 2.24) is 0 Å². The fraction of sp³-hybridized carbons (Fsp3) is 0.385. The maximum absolute atomic E-state index is 2.41. The summed E-state index contributed by atoms with van der Waals surface area (Å²) in [5.74, 6) is 0. The fourth-order valence-corrected chi connectivity index (χ4v) is 3.54. The summed E-state index contributed by atoms with van der Waals surface area (Å²) in [5, 5.41) is 0. The van der Waals surface area contributed by atoms with Gasteiger partial charge in [0.05, 0.1) is 0 Å². The van der Waals surface area contributed by atoms with Crippen molar-refractivity contribution in [2.75, 3.05) is 4.90 Å². The third kappa shape index (κ3) is 4.35. The predicted octanol–water partition coefficient (Wildman–Crippen LogP) is 7.69. The van der Waals surface area contributed by atoms with Gasteiger partial charge in [0.25, 0.3) is 0 Å². The molecule has 0 heterocycles. The maximum Gasteiger partial charge on any atom is 0.0461 e. The molecule has 0 radical (unpaired) electrons. The van der Waals surface area contributed by atoms with E-state index in [1.165, 1.54) is 33.8 Å².